The van der Waals surface area contributed by atoms with Crippen molar-refractivity contribution in [3.8, 4) is 6.07 Å². The Morgan fingerprint density at radius 3 is 2.34 bits per heavy atom. The number of nitrogens with zero attached hydrogens (tertiary/aromatic N) is 3. The number of para-hydroxylation sites is 2. The van der Waals surface area contributed by atoms with E-state index in [2.05, 4.69) is 6.07 Å². The highest BCUT2D eigenvalue weighted by Crippen LogP contribution is 2.38. The van der Waals surface area contributed by atoms with Gasteiger partial charge in [0.2, 0.25) is 0 Å². The van der Waals surface area contributed by atoms with Gasteiger partial charge in [-0.15, -0.1) is 0 Å². The third kappa shape index (κ3) is 3.13. The number of hydrogen-bond donors (Lipinski definition) is 0. The SMILES string of the molecule is Cc1ccccc1N1C(=O)N(Cc2cccc(C#N)c2)c2ccccc2S1(=O)=O. The quantitative estimate of drug-likeness (QED) is 0.656. The summed E-state index contributed by atoms with van der Waals surface area (Å²) < 4.78 is 27.5. The van der Waals surface area contributed by atoms with E-state index in [0.717, 1.165) is 9.87 Å². The standard InChI is InChI=1S/C22H17N3O3S/c1-16-7-2-3-10-19(16)25-22(26)24(15-18-9-6-8-17(13-18)14-23)20-11-4-5-12-21(20)29(25,27)28/h2-13H,15H2,1H3. The maximum Gasteiger partial charge on any atom is 0.343 e. The number of urea groups is 1. The lowest BCUT2D eigenvalue weighted by molar-refractivity contribution is 0.253. The summed E-state index contributed by atoms with van der Waals surface area (Å²) in [4.78, 5) is 14.9. The minimum absolute atomic E-state index is 0.0688. The Balaban J connectivity index is 1.88. The number of aryl methyl sites for hydroxylation is 1. The van der Waals surface area contributed by atoms with E-state index in [9.17, 15) is 13.2 Å². The number of nitriles is 1. The van der Waals surface area contributed by atoms with E-state index in [-0.39, 0.29) is 11.4 Å². The largest absolute Gasteiger partial charge is 0.343 e. The molecule has 0 fully saturated rings. The van der Waals surface area contributed by atoms with E-state index in [4.69, 9.17) is 5.26 Å². The number of rotatable bonds is 3. The Labute approximate surface area is 169 Å². The van der Waals surface area contributed by atoms with Crippen LogP contribution in [0.5, 0.6) is 0 Å². The number of benzene rings is 3. The Morgan fingerprint density at radius 1 is 0.931 bits per heavy atom. The van der Waals surface area contributed by atoms with Crippen LogP contribution < -0.4 is 9.21 Å². The molecule has 0 saturated carbocycles. The fraction of sp³-hybridized carbons (Fsp3) is 0.0909. The van der Waals surface area contributed by atoms with Gasteiger partial charge in [0.1, 0.15) is 4.90 Å². The van der Waals surface area contributed by atoms with Crippen LogP contribution in [0.3, 0.4) is 0 Å². The van der Waals surface area contributed by atoms with Crippen molar-refractivity contribution in [2.24, 2.45) is 0 Å². The minimum Gasteiger partial charge on any atom is -0.287 e. The molecular formula is C22H17N3O3S. The summed E-state index contributed by atoms with van der Waals surface area (Å²) >= 11 is 0. The van der Waals surface area contributed by atoms with Crippen molar-refractivity contribution in [3.05, 3.63) is 89.5 Å². The van der Waals surface area contributed by atoms with Crippen LogP contribution in [0.15, 0.2) is 77.7 Å². The second kappa shape index (κ2) is 7.08. The second-order valence-corrected chi connectivity index (χ2v) is 8.46. The lowest BCUT2D eigenvalue weighted by Gasteiger charge is -2.36. The number of hydrogen-bond acceptors (Lipinski definition) is 4. The zero-order valence-electron chi connectivity index (χ0n) is 15.6. The summed E-state index contributed by atoms with van der Waals surface area (Å²) in [6, 6.07) is 21.7. The van der Waals surface area contributed by atoms with Crippen molar-refractivity contribution < 1.29 is 13.2 Å². The molecule has 2 amide bonds. The first-order chi connectivity index (χ1) is 13.9. The highest BCUT2D eigenvalue weighted by atomic mass is 32.2. The molecule has 0 aliphatic carbocycles. The second-order valence-electron chi connectivity index (χ2n) is 6.70. The van der Waals surface area contributed by atoms with E-state index in [0.29, 0.717) is 22.5 Å². The average molecular weight is 403 g/mol. The van der Waals surface area contributed by atoms with Gasteiger partial charge < -0.3 is 0 Å². The van der Waals surface area contributed by atoms with Crippen molar-refractivity contribution in [2.75, 3.05) is 9.21 Å². The van der Waals surface area contributed by atoms with Gasteiger partial charge in [0, 0.05) is 0 Å². The third-order valence-electron chi connectivity index (χ3n) is 4.81. The summed E-state index contributed by atoms with van der Waals surface area (Å²) in [5, 5.41) is 9.15. The van der Waals surface area contributed by atoms with Crippen LogP contribution in [0.4, 0.5) is 16.2 Å². The summed E-state index contributed by atoms with van der Waals surface area (Å²) in [5.74, 6) is 0. The Bertz CT molecular complexity index is 1260. The number of fused-ring (bicyclic) bond motifs is 1. The third-order valence-corrected chi connectivity index (χ3v) is 6.54. The Hall–Kier alpha value is -3.63. The zero-order chi connectivity index (χ0) is 20.6. The van der Waals surface area contributed by atoms with Gasteiger partial charge in [-0.2, -0.15) is 9.57 Å². The van der Waals surface area contributed by atoms with Crippen LogP contribution in [-0.2, 0) is 16.6 Å². The lowest BCUT2D eigenvalue weighted by Crippen LogP contribution is -2.51. The van der Waals surface area contributed by atoms with Crippen LogP contribution in [0.2, 0.25) is 0 Å². The molecule has 0 bridgehead atoms. The molecule has 0 atom stereocenters. The average Bonchev–Trinajstić information content (AvgIpc) is 2.73. The van der Waals surface area contributed by atoms with Crippen LogP contribution in [-0.4, -0.2) is 14.4 Å². The maximum absolute atomic E-state index is 13.4. The molecule has 0 unspecified atom stereocenters. The van der Waals surface area contributed by atoms with E-state index >= 15 is 0 Å². The van der Waals surface area contributed by atoms with E-state index in [1.54, 1.807) is 73.7 Å². The molecule has 1 heterocycles. The van der Waals surface area contributed by atoms with Crippen LogP contribution in [0, 0.1) is 18.3 Å². The van der Waals surface area contributed by atoms with Gasteiger partial charge in [0.05, 0.1) is 29.6 Å². The van der Waals surface area contributed by atoms with Crippen LogP contribution >= 0.6 is 0 Å². The fourth-order valence-corrected chi connectivity index (χ4v) is 5.07. The van der Waals surface area contributed by atoms with Crippen molar-refractivity contribution in [1.29, 1.82) is 5.26 Å². The molecule has 0 radical (unpaired) electrons. The van der Waals surface area contributed by atoms with Crippen molar-refractivity contribution in [3.63, 3.8) is 0 Å². The maximum atomic E-state index is 13.4. The highest BCUT2D eigenvalue weighted by molar-refractivity contribution is 7.94. The van der Waals surface area contributed by atoms with E-state index < -0.39 is 16.1 Å². The topological polar surface area (TPSA) is 81.5 Å². The molecule has 0 N–H and O–H groups in total. The highest BCUT2D eigenvalue weighted by Gasteiger charge is 2.42. The molecular weight excluding hydrogens is 386 g/mol. The molecule has 1 aliphatic heterocycles. The van der Waals surface area contributed by atoms with Crippen molar-refractivity contribution in [1.82, 2.24) is 0 Å². The normalized spacial score (nSPS) is 15.0. The molecule has 7 heteroatoms. The fourth-order valence-electron chi connectivity index (χ4n) is 3.41. The molecule has 0 aromatic heterocycles. The molecule has 144 valence electrons. The molecule has 4 rings (SSSR count). The molecule has 6 nitrogen and oxygen atoms in total. The minimum atomic E-state index is -4.06. The zero-order valence-corrected chi connectivity index (χ0v) is 16.4. The van der Waals surface area contributed by atoms with Crippen molar-refractivity contribution >= 4 is 27.4 Å². The Morgan fingerprint density at radius 2 is 1.62 bits per heavy atom. The lowest BCUT2D eigenvalue weighted by atomic mass is 10.1. The molecule has 29 heavy (non-hydrogen) atoms. The molecule has 3 aromatic rings. The predicted octanol–water partition coefficient (Wildman–Crippen LogP) is 4.20. The van der Waals surface area contributed by atoms with Gasteiger partial charge in [0.25, 0.3) is 10.0 Å². The summed E-state index contributed by atoms with van der Waals surface area (Å²) in [5.41, 5.74) is 2.53. The molecule has 0 spiro atoms. The van der Waals surface area contributed by atoms with E-state index in [1.807, 2.05) is 0 Å². The first-order valence-corrected chi connectivity index (χ1v) is 10.4. The van der Waals surface area contributed by atoms with Gasteiger partial charge >= 0.3 is 6.03 Å². The first kappa shape index (κ1) is 18.7. The molecule has 1 aliphatic rings. The summed E-state index contributed by atoms with van der Waals surface area (Å²) in [6.45, 7) is 1.91. The number of anilines is 2. The summed E-state index contributed by atoms with van der Waals surface area (Å²) in [6.07, 6.45) is 0. The number of carbonyl (C=O) groups excluding carboxylic acids is 1. The monoisotopic (exact) mass is 403 g/mol. The van der Waals surface area contributed by atoms with E-state index in [1.165, 1.54) is 11.0 Å². The van der Waals surface area contributed by atoms with Gasteiger partial charge in [-0.3, -0.25) is 4.90 Å². The smallest absolute Gasteiger partial charge is 0.287 e. The Kier molecular flexibility index (Phi) is 4.57. The number of sulfonamides is 1. The first-order valence-electron chi connectivity index (χ1n) is 8.94. The number of carbonyl (C=O) groups is 1. The van der Waals surface area contributed by atoms with Crippen molar-refractivity contribution in [2.45, 2.75) is 18.4 Å². The van der Waals surface area contributed by atoms with Crippen LogP contribution in [0.25, 0.3) is 0 Å². The predicted molar refractivity (Wildman–Crippen MR) is 110 cm³/mol. The van der Waals surface area contributed by atoms with Gasteiger partial charge in [-0.05, 0) is 48.4 Å². The van der Waals surface area contributed by atoms with Crippen LogP contribution in [0.1, 0.15) is 16.7 Å². The van der Waals surface area contributed by atoms with Gasteiger partial charge in [-0.1, -0.05) is 42.5 Å². The van der Waals surface area contributed by atoms with Gasteiger partial charge in [-0.25, -0.2) is 13.2 Å². The van der Waals surface area contributed by atoms with Gasteiger partial charge in [0.15, 0.2) is 0 Å². The molecule has 0 saturated heterocycles. The summed E-state index contributed by atoms with van der Waals surface area (Å²) in [7, 11) is -4.06. The molecule has 3 aromatic carbocycles. The number of amides is 2.